The summed E-state index contributed by atoms with van der Waals surface area (Å²) in [5.74, 6) is -1.27. The molecule has 0 saturated heterocycles. The van der Waals surface area contributed by atoms with E-state index in [1.54, 1.807) is 37.3 Å². The van der Waals surface area contributed by atoms with E-state index in [2.05, 4.69) is 0 Å². The molecule has 2 aromatic carbocycles. The number of benzene rings is 2. The first-order valence-electron chi connectivity index (χ1n) is 8.94. The van der Waals surface area contributed by atoms with Crippen molar-refractivity contribution in [3.05, 3.63) is 109 Å². The van der Waals surface area contributed by atoms with Crippen LogP contribution in [0.25, 0.3) is 0 Å². The molecule has 152 valence electrons. The van der Waals surface area contributed by atoms with Gasteiger partial charge in [0.1, 0.15) is 11.3 Å². The highest BCUT2D eigenvalue weighted by atomic mass is 16.6. The molecule has 3 rings (SSSR count). The molecule has 0 bridgehead atoms. The van der Waals surface area contributed by atoms with Gasteiger partial charge in [-0.1, -0.05) is 30.3 Å². The smallest absolute Gasteiger partial charge is 0.342 e. The Morgan fingerprint density at radius 3 is 2.23 bits per heavy atom. The van der Waals surface area contributed by atoms with Gasteiger partial charge in [-0.3, -0.25) is 14.9 Å². The number of ether oxygens (including phenoxy) is 1. The topological polar surface area (TPSA) is 117 Å². The number of Topliss-reactive ketones (excluding diaryl/α,β-unsaturated/α-hetero) is 1. The second kappa shape index (κ2) is 8.52. The molecular formula is C22H17NO7. The van der Waals surface area contributed by atoms with Crippen molar-refractivity contribution >= 4 is 17.4 Å². The van der Waals surface area contributed by atoms with Gasteiger partial charge in [0.2, 0.25) is 5.78 Å². The summed E-state index contributed by atoms with van der Waals surface area (Å²) in [5.41, 5.74) is 0.212. The molecule has 1 aromatic heterocycles. The van der Waals surface area contributed by atoms with Gasteiger partial charge in [-0.15, -0.1) is 0 Å². The number of nitrogens with zero attached hydrogens (tertiary/aromatic N) is 1. The molecule has 0 amide bonds. The zero-order valence-corrected chi connectivity index (χ0v) is 16.2. The van der Waals surface area contributed by atoms with Crippen molar-refractivity contribution in [3.8, 4) is 0 Å². The molecule has 0 N–H and O–H groups in total. The summed E-state index contributed by atoms with van der Waals surface area (Å²) in [6, 6.07) is 14.6. The summed E-state index contributed by atoms with van der Waals surface area (Å²) < 4.78 is 10.5. The zero-order chi connectivity index (χ0) is 21.8. The molecule has 1 heterocycles. The number of non-ortho nitro benzene ring substituents is 1. The van der Waals surface area contributed by atoms with Gasteiger partial charge < -0.3 is 9.15 Å². The molecule has 0 aliphatic carbocycles. The first kappa shape index (κ1) is 20.7. The van der Waals surface area contributed by atoms with Crippen molar-refractivity contribution in [3.63, 3.8) is 0 Å². The molecule has 0 aliphatic heterocycles. The third kappa shape index (κ3) is 4.33. The van der Waals surface area contributed by atoms with E-state index in [0.29, 0.717) is 11.1 Å². The molecule has 0 radical (unpaired) electrons. The fourth-order valence-electron chi connectivity index (χ4n) is 3.03. The van der Waals surface area contributed by atoms with Crippen molar-refractivity contribution in [2.24, 2.45) is 0 Å². The summed E-state index contributed by atoms with van der Waals surface area (Å²) in [6.07, 6.45) is -1.34. The average Bonchev–Trinajstić information content (AvgIpc) is 2.71. The van der Waals surface area contributed by atoms with E-state index in [-0.39, 0.29) is 22.6 Å². The van der Waals surface area contributed by atoms with Crippen LogP contribution in [0.3, 0.4) is 0 Å². The van der Waals surface area contributed by atoms with Crippen LogP contribution in [-0.4, -0.2) is 16.7 Å². The molecular weight excluding hydrogens is 390 g/mol. The normalized spacial score (nSPS) is 11.5. The van der Waals surface area contributed by atoms with Crippen LogP contribution in [-0.2, 0) is 4.74 Å². The van der Waals surface area contributed by atoms with Crippen LogP contribution in [0.1, 0.15) is 43.7 Å². The number of nitro groups is 1. The van der Waals surface area contributed by atoms with E-state index in [1.165, 1.54) is 31.2 Å². The Morgan fingerprint density at radius 2 is 1.67 bits per heavy atom. The summed E-state index contributed by atoms with van der Waals surface area (Å²) in [4.78, 5) is 47.8. The first-order chi connectivity index (χ1) is 14.3. The maximum atomic E-state index is 13.1. The fourth-order valence-corrected chi connectivity index (χ4v) is 3.03. The molecule has 0 unspecified atom stereocenters. The third-order valence-corrected chi connectivity index (χ3v) is 4.47. The van der Waals surface area contributed by atoms with E-state index in [0.717, 1.165) is 6.07 Å². The van der Waals surface area contributed by atoms with Gasteiger partial charge in [0.05, 0.1) is 4.92 Å². The molecule has 8 nitrogen and oxygen atoms in total. The van der Waals surface area contributed by atoms with Gasteiger partial charge in [-0.25, -0.2) is 9.59 Å². The maximum absolute atomic E-state index is 13.1. The second-order valence-corrected chi connectivity index (χ2v) is 6.54. The third-order valence-electron chi connectivity index (χ3n) is 4.47. The van der Waals surface area contributed by atoms with E-state index >= 15 is 0 Å². The quantitative estimate of drug-likeness (QED) is 0.263. The fraction of sp³-hybridized carbons (Fsp3) is 0.136. The number of hydrogen-bond acceptors (Lipinski definition) is 7. The van der Waals surface area contributed by atoms with Gasteiger partial charge in [-0.2, -0.15) is 0 Å². The van der Waals surface area contributed by atoms with E-state index in [9.17, 15) is 24.5 Å². The Balaban J connectivity index is 2.01. The predicted molar refractivity (Wildman–Crippen MR) is 106 cm³/mol. The highest BCUT2D eigenvalue weighted by Crippen LogP contribution is 2.27. The number of carbonyl (C=O) groups is 2. The van der Waals surface area contributed by atoms with Crippen molar-refractivity contribution in [2.75, 3.05) is 0 Å². The zero-order valence-electron chi connectivity index (χ0n) is 16.2. The lowest BCUT2D eigenvalue weighted by molar-refractivity contribution is -0.384. The standard InChI is InChI=1S/C22H17NO7/c1-13-12-18(24)29-14(2)19(13)22(26)30-21(20(25)15-6-4-3-5-7-15)16-8-10-17(11-9-16)23(27)28/h3-12,21H,1-2H3/t21-/m0/s1. The van der Waals surface area contributed by atoms with Gasteiger partial charge in [0.15, 0.2) is 6.10 Å². The van der Waals surface area contributed by atoms with Crippen molar-refractivity contribution in [2.45, 2.75) is 20.0 Å². The van der Waals surface area contributed by atoms with Crippen LogP contribution in [0.5, 0.6) is 0 Å². The van der Waals surface area contributed by atoms with E-state index in [4.69, 9.17) is 9.15 Å². The highest BCUT2D eigenvalue weighted by molar-refractivity contribution is 6.02. The largest absolute Gasteiger partial charge is 0.445 e. The Kier molecular flexibility index (Phi) is 5.87. The Labute approximate surface area is 170 Å². The van der Waals surface area contributed by atoms with Gasteiger partial charge in [-0.05, 0) is 31.5 Å². The van der Waals surface area contributed by atoms with E-state index in [1.807, 2.05) is 0 Å². The first-order valence-corrected chi connectivity index (χ1v) is 8.94. The van der Waals surface area contributed by atoms with Crippen molar-refractivity contribution in [1.29, 1.82) is 0 Å². The maximum Gasteiger partial charge on any atom is 0.342 e. The summed E-state index contributed by atoms with van der Waals surface area (Å²) in [6.45, 7) is 3.01. The van der Waals surface area contributed by atoms with Crippen LogP contribution in [0.4, 0.5) is 5.69 Å². The monoisotopic (exact) mass is 407 g/mol. The summed E-state index contributed by atoms with van der Waals surface area (Å²) in [5, 5.41) is 10.9. The number of nitro benzene ring substituents is 1. The van der Waals surface area contributed by atoms with Crippen LogP contribution < -0.4 is 5.63 Å². The second-order valence-electron chi connectivity index (χ2n) is 6.54. The van der Waals surface area contributed by atoms with Crippen LogP contribution >= 0.6 is 0 Å². The Morgan fingerprint density at radius 1 is 1.03 bits per heavy atom. The van der Waals surface area contributed by atoms with Gasteiger partial charge in [0, 0.05) is 29.3 Å². The molecule has 0 aliphatic rings. The molecule has 0 saturated carbocycles. The minimum atomic E-state index is -1.34. The molecule has 0 fully saturated rings. The number of aryl methyl sites for hydroxylation is 2. The minimum Gasteiger partial charge on any atom is -0.445 e. The number of carbonyl (C=O) groups excluding carboxylic acids is 2. The Bertz CT molecular complexity index is 1140. The predicted octanol–water partition coefficient (Wildman–Crippen LogP) is 3.95. The van der Waals surface area contributed by atoms with Gasteiger partial charge >= 0.3 is 11.6 Å². The van der Waals surface area contributed by atoms with Crippen LogP contribution in [0, 0.1) is 24.0 Å². The lowest BCUT2D eigenvalue weighted by Crippen LogP contribution is -2.22. The van der Waals surface area contributed by atoms with Gasteiger partial charge in [0.25, 0.3) is 5.69 Å². The van der Waals surface area contributed by atoms with E-state index < -0.39 is 28.4 Å². The molecule has 3 aromatic rings. The number of hydrogen-bond donors (Lipinski definition) is 0. The lowest BCUT2D eigenvalue weighted by atomic mass is 9.99. The van der Waals surface area contributed by atoms with Crippen molar-refractivity contribution in [1.82, 2.24) is 0 Å². The number of ketones is 1. The van der Waals surface area contributed by atoms with Crippen LogP contribution in [0.15, 0.2) is 69.9 Å². The summed E-state index contributed by atoms with van der Waals surface area (Å²) >= 11 is 0. The molecule has 30 heavy (non-hydrogen) atoms. The lowest BCUT2D eigenvalue weighted by Gasteiger charge is -2.18. The highest BCUT2D eigenvalue weighted by Gasteiger charge is 2.29. The Hall–Kier alpha value is -4.07. The molecule has 0 spiro atoms. The molecule has 8 heteroatoms. The van der Waals surface area contributed by atoms with Crippen molar-refractivity contribution < 1.29 is 23.7 Å². The summed E-state index contributed by atoms with van der Waals surface area (Å²) in [7, 11) is 0. The average molecular weight is 407 g/mol. The van der Waals surface area contributed by atoms with Crippen LogP contribution in [0.2, 0.25) is 0 Å². The molecule has 1 atom stereocenters. The SMILES string of the molecule is Cc1cc(=O)oc(C)c1C(=O)O[C@H](C(=O)c1ccccc1)c1ccc([N+](=O)[O-])cc1. The number of rotatable bonds is 6. The minimum absolute atomic E-state index is 0.0439. The number of esters is 1.